The number of carbonyl (C=O) groups excluding carboxylic acids is 2. The Kier molecular flexibility index (Phi) is 5.35. The molecular weight excluding hydrogens is 355 g/mol. The van der Waals surface area contributed by atoms with Gasteiger partial charge in [0, 0.05) is 11.1 Å². The molecule has 1 aromatic heterocycles. The first kappa shape index (κ1) is 18.1. The molecule has 0 fully saturated rings. The fourth-order valence-electron chi connectivity index (χ4n) is 1.71. The number of amides is 2. The van der Waals surface area contributed by atoms with Gasteiger partial charge in [0.15, 0.2) is 9.84 Å². The van der Waals surface area contributed by atoms with E-state index in [0.29, 0.717) is 4.88 Å². The summed E-state index contributed by atoms with van der Waals surface area (Å²) in [6.45, 7) is 1.23. The molecule has 9 heteroatoms. The molecule has 2 amide bonds. The Bertz CT molecular complexity index is 860. The predicted molar refractivity (Wildman–Crippen MR) is 89.6 cm³/mol. The van der Waals surface area contributed by atoms with Crippen LogP contribution in [0, 0.1) is 5.82 Å². The molecule has 1 aromatic carbocycles. The molecule has 0 aliphatic heterocycles. The molecule has 0 saturated carbocycles. The van der Waals surface area contributed by atoms with Gasteiger partial charge in [-0.25, -0.2) is 12.8 Å². The lowest BCUT2D eigenvalue weighted by atomic mass is 10.2. The molecule has 128 valence electrons. The summed E-state index contributed by atoms with van der Waals surface area (Å²) < 4.78 is 35.5. The normalized spacial score (nSPS) is 12.5. The Morgan fingerprint density at radius 3 is 2.29 bits per heavy atom. The van der Waals surface area contributed by atoms with Crippen LogP contribution < -0.4 is 10.9 Å². The van der Waals surface area contributed by atoms with E-state index in [0.717, 1.165) is 28.0 Å². The highest BCUT2D eigenvalue weighted by molar-refractivity contribution is 7.92. The zero-order valence-electron chi connectivity index (χ0n) is 12.9. The minimum absolute atomic E-state index is 0.321. The van der Waals surface area contributed by atoms with Crippen LogP contribution in [0.3, 0.4) is 0 Å². The van der Waals surface area contributed by atoms with Crippen LogP contribution in [0.2, 0.25) is 0 Å². The molecule has 1 unspecified atom stereocenters. The molecule has 24 heavy (non-hydrogen) atoms. The number of hydrogen-bond acceptors (Lipinski definition) is 5. The predicted octanol–water partition coefficient (Wildman–Crippen LogP) is 1.75. The van der Waals surface area contributed by atoms with E-state index < -0.39 is 26.9 Å². The summed E-state index contributed by atoms with van der Waals surface area (Å²) in [6, 6.07) is 9.10. The average Bonchev–Trinajstić information content (AvgIpc) is 3.01. The van der Waals surface area contributed by atoms with Crippen LogP contribution in [0.15, 0.2) is 36.4 Å². The van der Waals surface area contributed by atoms with E-state index in [1.54, 1.807) is 24.3 Å². The van der Waals surface area contributed by atoms with Crippen LogP contribution in [0.25, 0.3) is 10.4 Å². The van der Waals surface area contributed by atoms with Gasteiger partial charge in [-0.1, -0.05) is 12.1 Å². The molecule has 0 spiro atoms. The zero-order chi connectivity index (χ0) is 17.9. The Balaban J connectivity index is 2.01. The van der Waals surface area contributed by atoms with Crippen LogP contribution in [-0.2, 0) is 14.6 Å². The van der Waals surface area contributed by atoms with Gasteiger partial charge in [-0.2, -0.15) is 0 Å². The second-order valence-electron chi connectivity index (χ2n) is 5.09. The van der Waals surface area contributed by atoms with Gasteiger partial charge in [-0.15, -0.1) is 11.3 Å². The summed E-state index contributed by atoms with van der Waals surface area (Å²) in [5.41, 5.74) is 5.02. The topological polar surface area (TPSA) is 92.3 Å². The SMILES string of the molecule is CC(C(=O)NNC(=O)c1ccc(-c2ccc(F)cc2)s1)S(C)(=O)=O. The number of hydrazine groups is 1. The van der Waals surface area contributed by atoms with Crippen molar-refractivity contribution < 1.29 is 22.4 Å². The van der Waals surface area contributed by atoms with E-state index >= 15 is 0 Å². The van der Waals surface area contributed by atoms with Gasteiger partial charge < -0.3 is 0 Å². The van der Waals surface area contributed by atoms with Crippen molar-refractivity contribution in [2.24, 2.45) is 0 Å². The number of rotatable bonds is 4. The van der Waals surface area contributed by atoms with Crippen LogP contribution in [0.4, 0.5) is 4.39 Å². The quantitative estimate of drug-likeness (QED) is 0.802. The number of sulfone groups is 1. The van der Waals surface area contributed by atoms with Crippen LogP contribution in [0.1, 0.15) is 16.6 Å². The molecule has 0 aliphatic rings. The van der Waals surface area contributed by atoms with E-state index in [4.69, 9.17) is 0 Å². The fourth-order valence-corrected chi connectivity index (χ4v) is 3.06. The Morgan fingerprint density at radius 1 is 1.08 bits per heavy atom. The maximum atomic E-state index is 12.9. The number of halogens is 1. The Labute approximate surface area is 142 Å². The first-order valence-electron chi connectivity index (χ1n) is 6.83. The van der Waals surface area contributed by atoms with Gasteiger partial charge in [-0.05, 0) is 36.8 Å². The molecule has 2 N–H and O–H groups in total. The molecule has 1 heterocycles. The number of thiophene rings is 1. The molecule has 0 aliphatic carbocycles. The summed E-state index contributed by atoms with van der Waals surface area (Å²) in [4.78, 5) is 24.7. The molecule has 2 aromatic rings. The van der Waals surface area contributed by atoms with Gasteiger partial charge in [0.25, 0.3) is 11.8 Å². The monoisotopic (exact) mass is 370 g/mol. The second-order valence-corrected chi connectivity index (χ2v) is 8.54. The van der Waals surface area contributed by atoms with Crippen molar-refractivity contribution in [2.75, 3.05) is 6.26 Å². The largest absolute Gasteiger partial charge is 0.279 e. The molecule has 0 saturated heterocycles. The number of hydrogen-bond donors (Lipinski definition) is 2. The van der Waals surface area contributed by atoms with E-state index in [9.17, 15) is 22.4 Å². The minimum Gasteiger partial charge on any atom is -0.272 e. The van der Waals surface area contributed by atoms with Crippen LogP contribution >= 0.6 is 11.3 Å². The summed E-state index contributed by atoms with van der Waals surface area (Å²) in [5, 5.41) is -1.27. The second kappa shape index (κ2) is 7.10. The van der Waals surface area contributed by atoms with E-state index in [2.05, 4.69) is 10.9 Å². The van der Waals surface area contributed by atoms with Crippen molar-refractivity contribution in [3.05, 3.63) is 47.1 Å². The zero-order valence-corrected chi connectivity index (χ0v) is 14.5. The molecular formula is C15H15FN2O4S2. The van der Waals surface area contributed by atoms with E-state index in [-0.39, 0.29) is 5.82 Å². The van der Waals surface area contributed by atoms with Gasteiger partial charge in [0.2, 0.25) is 0 Å². The van der Waals surface area contributed by atoms with Crippen molar-refractivity contribution in [3.8, 4) is 10.4 Å². The summed E-state index contributed by atoms with van der Waals surface area (Å²) in [6.07, 6.45) is 0.938. The number of benzene rings is 1. The smallest absolute Gasteiger partial charge is 0.272 e. The van der Waals surface area contributed by atoms with Gasteiger partial charge in [0.05, 0.1) is 4.88 Å². The first-order valence-corrected chi connectivity index (χ1v) is 9.60. The van der Waals surface area contributed by atoms with Gasteiger partial charge in [-0.3, -0.25) is 20.4 Å². The van der Waals surface area contributed by atoms with E-state index in [1.807, 2.05) is 0 Å². The van der Waals surface area contributed by atoms with Crippen LogP contribution in [0.5, 0.6) is 0 Å². The van der Waals surface area contributed by atoms with Crippen molar-refractivity contribution >= 4 is 33.0 Å². The van der Waals surface area contributed by atoms with Gasteiger partial charge >= 0.3 is 0 Å². The molecule has 6 nitrogen and oxygen atoms in total. The third-order valence-corrected chi connectivity index (χ3v) is 5.90. The maximum Gasteiger partial charge on any atom is 0.279 e. The fraction of sp³-hybridized carbons (Fsp3) is 0.200. The Morgan fingerprint density at radius 2 is 1.71 bits per heavy atom. The lowest BCUT2D eigenvalue weighted by Gasteiger charge is -2.10. The summed E-state index contributed by atoms with van der Waals surface area (Å²) in [5.74, 6) is -1.74. The third-order valence-electron chi connectivity index (χ3n) is 3.27. The average molecular weight is 370 g/mol. The standard InChI is InChI=1S/C15H15FN2O4S2/c1-9(24(2,21)22)14(19)17-18-15(20)13-8-7-12(23-13)10-3-5-11(16)6-4-10/h3-9H,1-2H3,(H,17,19)(H,18,20). The third kappa shape index (κ3) is 4.39. The highest BCUT2D eigenvalue weighted by Gasteiger charge is 2.24. The molecule has 0 bridgehead atoms. The lowest BCUT2D eigenvalue weighted by molar-refractivity contribution is -0.121. The summed E-state index contributed by atoms with van der Waals surface area (Å²) in [7, 11) is -3.54. The lowest BCUT2D eigenvalue weighted by Crippen LogP contribution is -2.47. The highest BCUT2D eigenvalue weighted by Crippen LogP contribution is 2.28. The van der Waals surface area contributed by atoms with E-state index in [1.165, 1.54) is 19.1 Å². The molecule has 0 radical (unpaired) electrons. The highest BCUT2D eigenvalue weighted by atomic mass is 32.2. The van der Waals surface area contributed by atoms with Crippen molar-refractivity contribution in [1.82, 2.24) is 10.9 Å². The summed E-state index contributed by atoms with van der Waals surface area (Å²) >= 11 is 1.16. The molecule has 1 atom stereocenters. The minimum atomic E-state index is -3.54. The van der Waals surface area contributed by atoms with Gasteiger partial charge in [0.1, 0.15) is 11.1 Å². The van der Waals surface area contributed by atoms with Crippen LogP contribution in [-0.4, -0.2) is 31.7 Å². The maximum absolute atomic E-state index is 12.9. The molecule has 2 rings (SSSR count). The number of carbonyl (C=O) groups is 2. The van der Waals surface area contributed by atoms with Crippen molar-refractivity contribution in [1.29, 1.82) is 0 Å². The van der Waals surface area contributed by atoms with Crippen molar-refractivity contribution in [3.63, 3.8) is 0 Å². The number of nitrogens with one attached hydrogen (secondary N) is 2. The Hall–Kier alpha value is -2.26. The van der Waals surface area contributed by atoms with Crippen molar-refractivity contribution in [2.45, 2.75) is 12.2 Å². The first-order chi connectivity index (χ1) is 11.2.